The van der Waals surface area contributed by atoms with Crippen molar-refractivity contribution in [3.63, 3.8) is 0 Å². The molecule has 0 radical (unpaired) electrons. The van der Waals surface area contributed by atoms with E-state index in [4.69, 9.17) is 9.47 Å². The van der Waals surface area contributed by atoms with E-state index < -0.39 is 42.4 Å². The Morgan fingerprint density at radius 1 is 1.00 bits per heavy atom. The molecule has 0 spiro atoms. The van der Waals surface area contributed by atoms with Crippen LogP contribution in [0.3, 0.4) is 0 Å². The first-order valence-corrected chi connectivity index (χ1v) is 10.3. The van der Waals surface area contributed by atoms with E-state index in [-0.39, 0.29) is 18.2 Å². The molecular weight excluding hydrogens is 466 g/mol. The largest absolute Gasteiger partial charge is 0.416 e. The first-order valence-electron chi connectivity index (χ1n) is 10.3. The van der Waals surface area contributed by atoms with Crippen LogP contribution in [0.5, 0.6) is 0 Å². The number of ether oxygens (including phenoxy) is 2. The lowest BCUT2D eigenvalue weighted by molar-refractivity contribution is -0.218. The maximum absolute atomic E-state index is 13.2. The average molecular weight is 486 g/mol. The summed E-state index contributed by atoms with van der Waals surface area (Å²) in [6.45, 7) is 0.613. The van der Waals surface area contributed by atoms with E-state index in [2.05, 4.69) is 15.2 Å². The van der Waals surface area contributed by atoms with Crippen molar-refractivity contribution >= 4 is 0 Å². The maximum Gasteiger partial charge on any atom is 0.416 e. The Morgan fingerprint density at radius 3 is 2.26 bits per heavy atom. The number of nitrogens with zero attached hydrogens (tertiary/aromatic N) is 3. The molecule has 0 amide bonds. The van der Waals surface area contributed by atoms with Gasteiger partial charge in [-0.2, -0.15) is 31.4 Å². The predicted octanol–water partition coefficient (Wildman–Crippen LogP) is 4.96. The third-order valence-electron chi connectivity index (χ3n) is 5.33. The van der Waals surface area contributed by atoms with Gasteiger partial charge >= 0.3 is 12.4 Å². The molecular formula is C22H20F6N4O2. The van der Waals surface area contributed by atoms with Gasteiger partial charge in [-0.1, -0.05) is 30.3 Å². The zero-order chi connectivity index (χ0) is 24.3. The van der Waals surface area contributed by atoms with Crippen LogP contribution in [0, 0.1) is 0 Å². The summed E-state index contributed by atoms with van der Waals surface area (Å²) in [5.74, 6) is 0.592. The van der Waals surface area contributed by atoms with Gasteiger partial charge in [0.1, 0.15) is 12.2 Å². The van der Waals surface area contributed by atoms with Crippen LogP contribution in [0.15, 0.2) is 54.9 Å². The highest BCUT2D eigenvalue weighted by Gasteiger charge is 2.38. The molecule has 34 heavy (non-hydrogen) atoms. The molecule has 1 fully saturated rings. The fraction of sp³-hybridized carbons (Fsp3) is 0.364. The number of rotatable bonds is 6. The van der Waals surface area contributed by atoms with Crippen LogP contribution in [0.25, 0.3) is 0 Å². The molecule has 0 aliphatic carbocycles. The van der Waals surface area contributed by atoms with Gasteiger partial charge in [-0.25, -0.2) is 4.98 Å². The standard InChI is InChI=1S/C22H20F6N4O2/c23-21(24,25)16-8-14(9-17(10-16)22(26,27)28)12-34-20-19(15-4-2-1-3-5-15)32(6-7-33-20)11-18-29-13-30-31-18/h1-5,8-10,13,19-20H,6-7,11-12H2,(H,29,30,31)/t19-,20?/m0/s1. The van der Waals surface area contributed by atoms with E-state index in [1.807, 2.05) is 35.2 Å². The van der Waals surface area contributed by atoms with Gasteiger partial charge in [0.2, 0.25) is 0 Å². The Balaban J connectivity index is 1.59. The molecule has 4 rings (SSSR count). The molecule has 2 aromatic carbocycles. The van der Waals surface area contributed by atoms with Crippen LogP contribution in [-0.2, 0) is 35.0 Å². The van der Waals surface area contributed by atoms with Crippen molar-refractivity contribution in [1.82, 2.24) is 20.1 Å². The lowest BCUT2D eigenvalue weighted by atomic mass is 10.0. The fourth-order valence-electron chi connectivity index (χ4n) is 3.80. The van der Waals surface area contributed by atoms with E-state index in [1.165, 1.54) is 6.33 Å². The van der Waals surface area contributed by atoms with Gasteiger partial charge in [-0.05, 0) is 29.3 Å². The predicted molar refractivity (Wildman–Crippen MR) is 107 cm³/mol. The number of aromatic amines is 1. The molecule has 0 saturated carbocycles. The number of aromatic nitrogens is 3. The van der Waals surface area contributed by atoms with E-state index in [9.17, 15) is 26.3 Å². The van der Waals surface area contributed by atoms with Gasteiger partial charge in [0.25, 0.3) is 0 Å². The Kier molecular flexibility index (Phi) is 6.91. The monoisotopic (exact) mass is 486 g/mol. The normalized spacial score (nSPS) is 19.9. The van der Waals surface area contributed by atoms with Crippen LogP contribution in [-0.4, -0.2) is 39.5 Å². The minimum atomic E-state index is -4.93. The van der Waals surface area contributed by atoms with Crippen LogP contribution in [0.2, 0.25) is 0 Å². The minimum absolute atomic E-state index is 0.0898. The molecule has 2 atom stereocenters. The van der Waals surface area contributed by atoms with Crippen LogP contribution >= 0.6 is 0 Å². The molecule has 182 valence electrons. The lowest BCUT2D eigenvalue weighted by Gasteiger charge is -2.40. The molecule has 1 aliphatic rings. The molecule has 1 unspecified atom stereocenters. The molecule has 1 aromatic heterocycles. The summed E-state index contributed by atoms with van der Waals surface area (Å²) in [6, 6.07) is 10.1. The number of halogens is 6. The number of hydrogen-bond acceptors (Lipinski definition) is 5. The smallest absolute Gasteiger partial charge is 0.349 e. The van der Waals surface area contributed by atoms with Crippen molar-refractivity contribution in [3.05, 3.63) is 82.9 Å². The van der Waals surface area contributed by atoms with Crippen molar-refractivity contribution in [2.75, 3.05) is 13.2 Å². The van der Waals surface area contributed by atoms with Crippen LogP contribution in [0.4, 0.5) is 26.3 Å². The number of benzene rings is 2. The van der Waals surface area contributed by atoms with Crippen molar-refractivity contribution in [1.29, 1.82) is 0 Å². The van der Waals surface area contributed by atoms with Crippen molar-refractivity contribution in [3.8, 4) is 0 Å². The third-order valence-corrected chi connectivity index (χ3v) is 5.33. The third kappa shape index (κ3) is 5.75. The highest BCUT2D eigenvalue weighted by molar-refractivity contribution is 5.33. The van der Waals surface area contributed by atoms with Crippen LogP contribution in [0.1, 0.15) is 34.1 Å². The minimum Gasteiger partial charge on any atom is -0.349 e. The summed E-state index contributed by atoms with van der Waals surface area (Å²) in [5, 5.41) is 6.60. The van der Waals surface area contributed by atoms with Gasteiger partial charge in [-0.15, -0.1) is 0 Å². The van der Waals surface area contributed by atoms with E-state index >= 15 is 0 Å². The van der Waals surface area contributed by atoms with Crippen molar-refractivity contribution < 1.29 is 35.8 Å². The molecule has 0 bridgehead atoms. The summed E-state index contributed by atoms with van der Waals surface area (Å²) in [6.07, 6.45) is -9.44. The number of H-pyrrole nitrogens is 1. The van der Waals surface area contributed by atoms with E-state index in [0.717, 1.165) is 5.56 Å². The van der Waals surface area contributed by atoms with Gasteiger partial charge in [0.05, 0.1) is 36.9 Å². The molecule has 2 heterocycles. The average Bonchev–Trinajstić information content (AvgIpc) is 3.30. The van der Waals surface area contributed by atoms with Gasteiger partial charge in [-0.3, -0.25) is 10.00 Å². The Bertz CT molecular complexity index is 1040. The van der Waals surface area contributed by atoms with Gasteiger partial charge in [0.15, 0.2) is 6.29 Å². The molecule has 3 aromatic rings. The number of alkyl halides is 6. The second-order valence-corrected chi connectivity index (χ2v) is 7.72. The molecule has 1 N–H and O–H groups in total. The van der Waals surface area contributed by atoms with Crippen molar-refractivity contribution in [2.45, 2.75) is 37.8 Å². The second-order valence-electron chi connectivity index (χ2n) is 7.72. The van der Waals surface area contributed by atoms with Gasteiger partial charge < -0.3 is 9.47 Å². The molecule has 12 heteroatoms. The van der Waals surface area contributed by atoms with Crippen LogP contribution < -0.4 is 0 Å². The van der Waals surface area contributed by atoms with Crippen molar-refractivity contribution in [2.24, 2.45) is 0 Å². The zero-order valence-electron chi connectivity index (χ0n) is 17.6. The summed E-state index contributed by atoms with van der Waals surface area (Å²) in [5.41, 5.74) is -2.23. The number of nitrogens with one attached hydrogen (secondary N) is 1. The number of hydrogen-bond donors (Lipinski definition) is 1. The van der Waals surface area contributed by atoms with E-state index in [1.54, 1.807) is 0 Å². The molecule has 6 nitrogen and oxygen atoms in total. The van der Waals surface area contributed by atoms with E-state index in [0.29, 0.717) is 31.0 Å². The zero-order valence-corrected chi connectivity index (χ0v) is 17.6. The molecule has 1 aliphatic heterocycles. The summed E-state index contributed by atoms with van der Waals surface area (Å²) >= 11 is 0. The summed E-state index contributed by atoms with van der Waals surface area (Å²) < 4.78 is 90.7. The summed E-state index contributed by atoms with van der Waals surface area (Å²) in [4.78, 5) is 6.12. The lowest BCUT2D eigenvalue weighted by Crippen LogP contribution is -2.46. The quantitative estimate of drug-likeness (QED) is 0.499. The second kappa shape index (κ2) is 9.72. The Hall–Kier alpha value is -2.96. The SMILES string of the molecule is FC(F)(F)c1cc(COC2OCCN(Cc3ncn[nH]3)[C@H]2c2ccccc2)cc(C(F)(F)F)c1. The highest BCUT2D eigenvalue weighted by Crippen LogP contribution is 2.37. The summed E-state index contributed by atoms with van der Waals surface area (Å²) in [7, 11) is 0. The Labute approximate surface area is 190 Å². The van der Waals surface area contributed by atoms with Gasteiger partial charge in [0, 0.05) is 6.54 Å². The molecule has 1 saturated heterocycles. The Morgan fingerprint density at radius 2 is 1.68 bits per heavy atom. The first kappa shape index (κ1) is 24.2. The maximum atomic E-state index is 13.2. The first-order chi connectivity index (χ1) is 16.1. The highest BCUT2D eigenvalue weighted by atomic mass is 19.4. The topological polar surface area (TPSA) is 63.3 Å². The fourth-order valence-corrected chi connectivity index (χ4v) is 3.80. The number of morpholine rings is 1.